The van der Waals surface area contributed by atoms with Crippen LogP contribution in [0.4, 0.5) is 0 Å². The van der Waals surface area contributed by atoms with Crippen LogP contribution in [0.3, 0.4) is 0 Å². The molecule has 135 valence electrons. The molecule has 1 radical (unpaired) electrons. The molecule has 0 saturated carbocycles. The zero-order chi connectivity index (χ0) is 18.2. The van der Waals surface area contributed by atoms with Gasteiger partial charge in [0, 0.05) is 45.0 Å². The number of ketones is 1. The summed E-state index contributed by atoms with van der Waals surface area (Å²) in [7, 11) is 0. The first-order valence-electron chi connectivity index (χ1n) is 9.11. The van der Waals surface area contributed by atoms with Gasteiger partial charge >= 0.3 is 0 Å². The molecule has 0 amide bonds. The summed E-state index contributed by atoms with van der Waals surface area (Å²) in [5.74, 6) is 2.47. The summed E-state index contributed by atoms with van der Waals surface area (Å²) in [5.41, 5.74) is 4.12. The Morgan fingerprint density at radius 3 is 1.88 bits per heavy atom. The first kappa shape index (κ1) is 26.2. The molecular weight excluding hydrogens is 369 g/mol. The maximum absolute atomic E-state index is 11.0. The van der Waals surface area contributed by atoms with E-state index >= 15 is 0 Å². The Hall–Kier alpha value is -0.00610. The van der Waals surface area contributed by atoms with Gasteiger partial charge in [0.1, 0.15) is 5.78 Å². The molecule has 0 heterocycles. The molecule has 24 heavy (non-hydrogen) atoms. The Kier molecular flexibility index (Phi) is 14.5. The molecule has 0 saturated heterocycles. The fourth-order valence-electron chi connectivity index (χ4n) is 2.32. The SMILES string of the molecule is CC(C)CCC(=O)C(C)C.Cc1cc(C(C)C)c[c-]c1C(C)C.[Y]. The Balaban J connectivity index is 0. The molecule has 0 bridgehead atoms. The van der Waals surface area contributed by atoms with Crippen molar-refractivity contribution in [3.63, 3.8) is 0 Å². The molecule has 0 aromatic heterocycles. The predicted molar refractivity (Wildman–Crippen MR) is 102 cm³/mol. The quantitative estimate of drug-likeness (QED) is 0.481. The Morgan fingerprint density at radius 2 is 1.54 bits per heavy atom. The van der Waals surface area contributed by atoms with Crippen molar-refractivity contribution in [3.05, 3.63) is 34.9 Å². The number of hydrogen-bond acceptors (Lipinski definition) is 1. The summed E-state index contributed by atoms with van der Waals surface area (Å²) in [5, 5.41) is 0. The number of Topliss-reactive ketones (excluding diaryl/α,β-unsaturated/α-hetero) is 1. The zero-order valence-corrected chi connectivity index (χ0v) is 20.2. The molecule has 0 unspecified atom stereocenters. The van der Waals surface area contributed by atoms with Crippen LogP contribution in [0.2, 0.25) is 0 Å². The van der Waals surface area contributed by atoms with Gasteiger partial charge in [0.05, 0.1) is 0 Å². The number of carbonyl (C=O) groups excluding carboxylic acids is 1. The zero-order valence-electron chi connectivity index (χ0n) is 17.4. The van der Waals surface area contributed by atoms with Gasteiger partial charge in [-0.15, -0.1) is 0 Å². The van der Waals surface area contributed by atoms with Gasteiger partial charge in [-0.05, 0) is 18.3 Å². The number of aryl methyl sites for hydroxylation is 1. The van der Waals surface area contributed by atoms with E-state index in [4.69, 9.17) is 0 Å². The average Bonchev–Trinajstić information content (AvgIpc) is 2.44. The molecule has 2 heteroatoms. The summed E-state index contributed by atoms with van der Waals surface area (Å²) in [6.07, 6.45) is 1.80. The number of rotatable bonds is 6. The molecule has 1 rings (SSSR count). The molecular formula is C22H37OY-. The molecule has 0 spiro atoms. The molecule has 0 N–H and O–H groups in total. The van der Waals surface area contributed by atoms with Gasteiger partial charge in [-0.3, -0.25) is 4.79 Å². The van der Waals surface area contributed by atoms with Gasteiger partial charge in [-0.1, -0.05) is 68.2 Å². The Bertz CT molecular complexity index is 473. The van der Waals surface area contributed by atoms with Crippen molar-refractivity contribution >= 4 is 5.78 Å². The van der Waals surface area contributed by atoms with Crippen molar-refractivity contribution in [1.82, 2.24) is 0 Å². The molecule has 1 aromatic carbocycles. The van der Waals surface area contributed by atoms with E-state index in [0.29, 0.717) is 23.5 Å². The third-order valence-electron chi connectivity index (χ3n) is 4.06. The molecule has 0 aliphatic heterocycles. The van der Waals surface area contributed by atoms with Gasteiger partial charge in [0.2, 0.25) is 0 Å². The van der Waals surface area contributed by atoms with Crippen LogP contribution in [-0.2, 0) is 37.5 Å². The molecule has 0 fully saturated rings. The first-order chi connectivity index (χ1) is 10.6. The third-order valence-corrected chi connectivity index (χ3v) is 4.06. The number of carbonyl (C=O) groups is 1. The van der Waals surface area contributed by atoms with Gasteiger partial charge in [0.15, 0.2) is 0 Å². The van der Waals surface area contributed by atoms with Crippen LogP contribution in [0.5, 0.6) is 0 Å². The minimum Gasteiger partial charge on any atom is -0.299 e. The minimum absolute atomic E-state index is 0. The maximum Gasteiger partial charge on any atom is 0.135 e. The van der Waals surface area contributed by atoms with Crippen molar-refractivity contribution in [3.8, 4) is 0 Å². The second kappa shape index (κ2) is 13.2. The number of benzene rings is 1. The van der Waals surface area contributed by atoms with Crippen molar-refractivity contribution in [2.75, 3.05) is 0 Å². The topological polar surface area (TPSA) is 17.1 Å². The summed E-state index contributed by atoms with van der Waals surface area (Å²) < 4.78 is 0. The fraction of sp³-hybridized carbons (Fsp3) is 0.682. The van der Waals surface area contributed by atoms with E-state index in [9.17, 15) is 4.79 Å². The second-order valence-electron chi connectivity index (χ2n) is 7.89. The van der Waals surface area contributed by atoms with Crippen LogP contribution in [0.1, 0.15) is 96.8 Å². The van der Waals surface area contributed by atoms with E-state index in [-0.39, 0.29) is 38.6 Å². The summed E-state index contributed by atoms with van der Waals surface area (Å²) >= 11 is 0. The van der Waals surface area contributed by atoms with E-state index in [1.807, 2.05) is 13.8 Å². The summed E-state index contributed by atoms with van der Waals surface area (Å²) in [6, 6.07) is 7.81. The smallest absolute Gasteiger partial charge is 0.135 e. The monoisotopic (exact) mass is 406 g/mol. The van der Waals surface area contributed by atoms with Crippen LogP contribution in [-0.4, -0.2) is 5.78 Å². The van der Waals surface area contributed by atoms with E-state index in [1.165, 1.54) is 16.7 Å². The fourth-order valence-corrected chi connectivity index (χ4v) is 2.32. The van der Waals surface area contributed by atoms with Gasteiger partial charge in [-0.2, -0.15) is 34.9 Å². The van der Waals surface area contributed by atoms with Crippen molar-refractivity contribution in [2.24, 2.45) is 11.8 Å². The van der Waals surface area contributed by atoms with Crippen LogP contribution in [0, 0.1) is 24.8 Å². The normalized spacial score (nSPS) is 10.7. The third kappa shape index (κ3) is 10.8. The predicted octanol–water partition coefficient (Wildman–Crippen LogP) is 6.69. The van der Waals surface area contributed by atoms with E-state index in [0.717, 1.165) is 12.8 Å². The molecule has 1 nitrogen and oxygen atoms in total. The van der Waals surface area contributed by atoms with Crippen LogP contribution in [0.15, 0.2) is 12.1 Å². The summed E-state index contributed by atoms with van der Waals surface area (Å²) in [6.45, 7) is 19.3. The van der Waals surface area contributed by atoms with Crippen LogP contribution >= 0.6 is 0 Å². The molecule has 1 aromatic rings. The number of hydrogen-bond donors (Lipinski definition) is 0. The Morgan fingerprint density at radius 1 is 1.00 bits per heavy atom. The first-order valence-corrected chi connectivity index (χ1v) is 9.11. The maximum atomic E-state index is 11.0. The Labute approximate surface area is 176 Å². The van der Waals surface area contributed by atoms with Crippen LogP contribution < -0.4 is 0 Å². The van der Waals surface area contributed by atoms with Crippen molar-refractivity contribution < 1.29 is 37.5 Å². The van der Waals surface area contributed by atoms with Gasteiger partial charge in [-0.25, -0.2) is 0 Å². The van der Waals surface area contributed by atoms with Gasteiger partial charge in [0.25, 0.3) is 0 Å². The average molecular weight is 406 g/mol. The molecule has 0 aliphatic rings. The van der Waals surface area contributed by atoms with E-state index < -0.39 is 0 Å². The van der Waals surface area contributed by atoms with Crippen molar-refractivity contribution in [2.45, 2.75) is 87.0 Å². The van der Waals surface area contributed by atoms with Crippen molar-refractivity contribution in [1.29, 1.82) is 0 Å². The standard InChI is InChI=1S/C13H19.C9H18O.Y/c1-9(2)12-6-7-13(10(3)4)11(5)8-12;1-7(2)5-6-9(10)8(3)4;/h6,8-10H,1-5H3;7-8H,5-6H2,1-4H3;/q-1;;. The molecule has 0 atom stereocenters. The van der Waals surface area contributed by atoms with E-state index in [1.54, 1.807) is 0 Å². The second-order valence-corrected chi connectivity index (χ2v) is 7.89. The minimum atomic E-state index is 0. The van der Waals surface area contributed by atoms with E-state index in [2.05, 4.69) is 66.7 Å². The molecule has 0 aliphatic carbocycles. The summed E-state index contributed by atoms with van der Waals surface area (Å²) in [4.78, 5) is 11.0. The van der Waals surface area contributed by atoms with Crippen LogP contribution in [0.25, 0.3) is 0 Å². The largest absolute Gasteiger partial charge is 0.299 e. The van der Waals surface area contributed by atoms with Gasteiger partial charge < -0.3 is 0 Å².